The van der Waals surface area contributed by atoms with Crippen molar-refractivity contribution in [3.8, 4) is 0 Å². The van der Waals surface area contributed by atoms with Gasteiger partial charge in [-0.05, 0) is 40.8 Å². The highest BCUT2D eigenvalue weighted by molar-refractivity contribution is 6.30. The van der Waals surface area contributed by atoms with Gasteiger partial charge in [0.1, 0.15) is 0 Å². The van der Waals surface area contributed by atoms with Crippen molar-refractivity contribution >= 4 is 11.6 Å². The second kappa shape index (κ2) is 6.80. The molecule has 3 aromatic carbocycles. The highest BCUT2D eigenvalue weighted by Gasteiger charge is 2.25. The van der Waals surface area contributed by atoms with Crippen LogP contribution in [0.4, 0.5) is 0 Å². The average Bonchev–Trinajstić information content (AvgIpc) is 2.64. The van der Waals surface area contributed by atoms with Crippen molar-refractivity contribution in [1.82, 2.24) is 4.90 Å². The molecule has 1 nitrogen and oxygen atoms in total. The Morgan fingerprint density at radius 3 is 2.08 bits per heavy atom. The maximum absolute atomic E-state index is 6.10. The molecule has 0 radical (unpaired) electrons. The Labute approximate surface area is 148 Å². The SMILES string of the molecule is Clc1ccc(C(c2ccccc2)N2CCc3ccccc3C2)cc1. The van der Waals surface area contributed by atoms with Gasteiger partial charge in [0.2, 0.25) is 0 Å². The number of hydrogen-bond donors (Lipinski definition) is 0. The van der Waals surface area contributed by atoms with Crippen molar-refractivity contribution in [2.75, 3.05) is 6.54 Å². The van der Waals surface area contributed by atoms with Gasteiger partial charge in [-0.2, -0.15) is 0 Å². The minimum absolute atomic E-state index is 0.261. The Balaban J connectivity index is 1.72. The summed E-state index contributed by atoms with van der Waals surface area (Å²) >= 11 is 6.10. The number of rotatable bonds is 3. The van der Waals surface area contributed by atoms with Crippen LogP contribution in [-0.4, -0.2) is 11.4 Å². The van der Waals surface area contributed by atoms with E-state index in [9.17, 15) is 0 Å². The molecule has 4 rings (SSSR count). The van der Waals surface area contributed by atoms with Crippen LogP contribution < -0.4 is 0 Å². The Kier molecular flexibility index (Phi) is 4.38. The first-order valence-electron chi connectivity index (χ1n) is 8.42. The minimum atomic E-state index is 0.261. The number of fused-ring (bicyclic) bond motifs is 1. The third-order valence-electron chi connectivity index (χ3n) is 4.83. The first-order chi connectivity index (χ1) is 11.8. The topological polar surface area (TPSA) is 3.24 Å². The highest BCUT2D eigenvalue weighted by Crippen LogP contribution is 2.33. The summed E-state index contributed by atoms with van der Waals surface area (Å²) < 4.78 is 0. The molecule has 0 saturated heterocycles. The molecule has 1 aliphatic heterocycles. The van der Waals surface area contributed by atoms with Gasteiger partial charge >= 0.3 is 0 Å². The largest absolute Gasteiger partial charge is 0.288 e. The summed E-state index contributed by atoms with van der Waals surface area (Å²) in [5.41, 5.74) is 5.56. The lowest BCUT2D eigenvalue weighted by Crippen LogP contribution is -2.34. The summed E-state index contributed by atoms with van der Waals surface area (Å²) in [5.74, 6) is 0. The summed E-state index contributed by atoms with van der Waals surface area (Å²) in [6.07, 6.45) is 1.10. The van der Waals surface area contributed by atoms with Gasteiger partial charge in [-0.3, -0.25) is 4.90 Å². The van der Waals surface area contributed by atoms with E-state index in [1.165, 1.54) is 22.3 Å². The Hall–Kier alpha value is -2.09. The smallest absolute Gasteiger partial charge is 0.0604 e. The summed E-state index contributed by atoms with van der Waals surface area (Å²) in [4.78, 5) is 2.57. The summed E-state index contributed by atoms with van der Waals surface area (Å²) in [5, 5.41) is 0.787. The van der Waals surface area contributed by atoms with E-state index in [1.807, 2.05) is 12.1 Å². The third kappa shape index (κ3) is 3.10. The van der Waals surface area contributed by atoms with Gasteiger partial charge in [-0.15, -0.1) is 0 Å². The van der Waals surface area contributed by atoms with Crippen molar-refractivity contribution in [2.45, 2.75) is 19.0 Å². The molecule has 1 unspecified atom stereocenters. The lowest BCUT2D eigenvalue weighted by atomic mass is 9.92. The normalized spacial score (nSPS) is 15.7. The molecule has 0 spiro atoms. The van der Waals surface area contributed by atoms with Gasteiger partial charge in [0.25, 0.3) is 0 Å². The maximum Gasteiger partial charge on any atom is 0.0604 e. The van der Waals surface area contributed by atoms with Crippen LogP contribution in [0.3, 0.4) is 0 Å². The maximum atomic E-state index is 6.10. The van der Waals surface area contributed by atoms with Crippen LogP contribution in [0, 0.1) is 0 Å². The average molecular weight is 334 g/mol. The fourth-order valence-electron chi connectivity index (χ4n) is 3.63. The summed E-state index contributed by atoms with van der Waals surface area (Å²) in [6.45, 7) is 2.05. The first kappa shape index (κ1) is 15.4. The molecule has 1 aliphatic rings. The van der Waals surface area contributed by atoms with E-state index in [-0.39, 0.29) is 6.04 Å². The number of halogens is 1. The number of hydrogen-bond acceptors (Lipinski definition) is 1. The van der Waals surface area contributed by atoms with E-state index < -0.39 is 0 Å². The van der Waals surface area contributed by atoms with Crippen molar-refractivity contribution in [3.63, 3.8) is 0 Å². The van der Waals surface area contributed by atoms with E-state index in [2.05, 4.69) is 71.6 Å². The van der Waals surface area contributed by atoms with Gasteiger partial charge in [-0.25, -0.2) is 0 Å². The lowest BCUT2D eigenvalue weighted by molar-refractivity contribution is 0.206. The Bertz CT molecular complexity index is 811. The summed E-state index contributed by atoms with van der Waals surface area (Å²) in [6, 6.07) is 28.1. The first-order valence-corrected chi connectivity index (χ1v) is 8.80. The van der Waals surface area contributed by atoms with Crippen LogP contribution >= 0.6 is 11.6 Å². The van der Waals surface area contributed by atoms with Gasteiger partial charge in [-0.1, -0.05) is 78.3 Å². The Morgan fingerprint density at radius 1 is 0.708 bits per heavy atom. The number of benzene rings is 3. The van der Waals surface area contributed by atoms with Crippen LogP contribution in [0.5, 0.6) is 0 Å². The fourth-order valence-corrected chi connectivity index (χ4v) is 3.76. The molecule has 0 fully saturated rings. The predicted octanol–water partition coefficient (Wildman–Crippen LogP) is 5.49. The molecule has 0 aliphatic carbocycles. The fraction of sp³-hybridized carbons (Fsp3) is 0.182. The van der Waals surface area contributed by atoms with Crippen LogP contribution in [0.1, 0.15) is 28.3 Å². The molecule has 2 heteroatoms. The zero-order valence-corrected chi connectivity index (χ0v) is 14.3. The zero-order chi connectivity index (χ0) is 16.4. The molecule has 120 valence electrons. The quantitative estimate of drug-likeness (QED) is 0.612. The Morgan fingerprint density at radius 2 is 1.33 bits per heavy atom. The van der Waals surface area contributed by atoms with Crippen molar-refractivity contribution < 1.29 is 0 Å². The van der Waals surface area contributed by atoms with Crippen LogP contribution in [0.2, 0.25) is 5.02 Å². The molecule has 0 amide bonds. The second-order valence-electron chi connectivity index (χ2n) is 6.35. The van der Waals surface area contributed by atoms with Gasteiger partial charge in [0.15, 0.2) is 0 Å². The molecule has 1 heterocycles. The third-order valence-corrected chi connectivity index (χ3v) is 5.08. The lowest BCUT2D eigenvalue weighted by Gasteiger charge is -2.36. The van der Waals surface area contributed by atoms with Crippen LogP contribution in [-0.2, 0) is 13.0 Å². The molecule has 0 N–H and O–H groups in total. The van der Waals surface area contributed by atoms with Crippen LogP contribution in [0.15, 0.2) is 78.9 Å². The van der Waals surface area contributed by atoms with Gasteiger partial charge < -0.3 is 0 Å². The van der Waals surface area contributed by atoms with E-state index in [0.717, 1.165) is 24.5 Å². The predicted molar refractivity (Wildman–Crippen MR) is 100 cm³/mol. The van der Waals surface area contributed by atoms with E-state index in [4.69, 9.17) is 11.6 Å². The monoisotopic (exact) mass is 333 g/mol. The minimum Gasteiger partial charge on any atom is -0.288 e. The molecule has 3 aromatic rings. The molecule has 1 atom stereocenters. The molecule has 24 heavy (non-hydrogen) atoms. The van der Waals surface area contributed by atoms with Gasteiger partial charge in [0, 0.05) is 18.1 Å². The van der Waals surface area contributed by atoms with Crippen molar-refractivity contribution in [1.29, 1.82) is 0 Å². The molecule has 0 bridgehead atoms. The van der Waals surface area contributed by atoms with E-state index in [1.54, 1.807) is 0 Å². The summed E-state index contributed by atoms with van der Waals surface area (Å²) in [7, 11) is 0. The highest BCUT2D eigenvalue weighted by atomic mass is 35.5. The van der Waals surface area contributed by atoms with E-state index >= 15 is 0 Å². The molecule has 0 aromatic heterocycles. The van der Waals surface area contributed by atoms with E-state index in [0.29, 0.717) is 0 Å². The molecular formula is C22H20ClN. The molecular weight excluding hydrogens is 314 g/mol. The second-order valence-corrected chi connectivity index (χ2v) is 6.79. The van der Waals surface area contributed by atoms with Crippen molar-refractivity contribution in [2.24, 2.45) is 0 Å². The standard InChI is InChI=1S/C22H20ClN/c23-21-12-10-19(11-13-21)22(18-7-2-1-3-8-18)24-15-14-17-6-4-5-9-20(17)16-24/h1-13,22H,14-16H2. The molecule has 0 saturated carbocycles. The van der Waals surface area contributed by atoms with Gasteiger partial charge in [0.05, 0.1) is 6.04 Å². The zero-order valence-electron chi connectivity index (χ0n) is 13.5. The van der Waals surface area contributed by atoms with Crippen LogP contribution in [0.25, 0.3) is 0 Å². The van der Waals surface area contributed by atoms with Crippen molar-refractivity contribution in [3.05, 3.63) is 106 Å². The number of nitrogens with zero attached hydrogens (tertiary/aromatic N) is 1.